The maximum Gasteiger partial charge on any atom is 0.0744 e. The summed E-state index contributed by atoms with van der Waals surface area (Å²) in [7, 11) is 1.70. The Labute approximate surface area is 118 Å². The molecule has 0 amide bonds. The molecule has 0 radical (unpaired) electrons. The van der Waals surface area contributed by atoms with Crippen LogP contribution >= 0.6 is 15.9 Å². The molecule has 0 bridgehead atoms. The van der Waals surface area contributed by atoms with Crippen LogP contribution in [0.3, 0.4) is 0 Å². The van der Waals surface area contributed by atoms with Crippen LogP contribution in [0.5, 0.6) is 0 Å². The van der Waals surface area contributed by atoms with Crippen LogP contribution in [0.1, 0.15) is 26.3 Å². The Kier molecular flexibility index (Phi) is 6.12. The number of anilines is 1. The van der Waals surface area contributed by atoms with Crippen molar-refractivity contribution in [2.75, 3.05) is 25.6 Å². The SMILES string of the molecule is COCc1c(Br)cccc1NCCOC(C)(C)C. The lowest BCUT2D eigenvalue weighted by Gasteiger charge is -2.20. The average molecular weight is 316 g/mol. The summed E-state index contributed by atoms with van der Waals surface area (Å²) in [6.45, 7) is 8.23. The van der Waals surface area contributed by atoms with Crippen molar-refractivity contribution in [3.8, 4) is 0 Å². The third-order valence-electron chi connectivity index (χ3n) is 2.36. The lowest BCUT2D eigenvalue weighted by atomic mass is 10.2. The standard InChI is InChI=1S/C14H22BrNO2/c1-14(2,3)18-9-8-16-13-7-5-6-12(15)11(13)10-17-4/h5-7,16H,8-10H2,1-4H3. The summed E-state index contributed by atoms with van der Waals surface area (Å²) in [5.74, 6) is 0. The molecule has 0 heterocycles. The maximum atomic E-state index is 5.68. The lowest BCUT2D eigenvalue weighted by molar-refractivity contribution is 0.00332. The minimum absolute atomic E-state index is 0.0890. The molecule has 1 rings (SSSR count). The summed E-state index contributed by atoms with van der Waals surface area (Å²) in [5.41, 5.74) is 2.13. The van der Waals surface area contributed by atoms with E-state index in [1.165, 1.54) is 0 Å². The summed E-state index contributed by atoms with van der Waals surface area (Å²) in [6.07, 6.45) is 0. The Bertz CT molecular complexity index is 375. The molecule has 1 aromatic carbocycles. The van der Waals surface area contributed by atoms with E-state index in [0.717, 1.165) is 22.3 Å². The van der Waals surface area contributed by atoms with Gasteiger partial charge in [-0.3, -0.25) is 0 Å². The Balaban J connectivity index is 2.54. The molecule has 1 N–H and O–H groups in total. The van der Waals surface area contributed by atoms with E-state index in [0.29, 0.717) is 13.2 Å². The quantitative estimate of drug-likeness (QED) is 0.809. The second-order valence-electron chi connectivity index (χ2n) is 5.09. The van der Waals surface area contributed by atoms with Crippen LogP contribution in [0.15, 0.2) is 22.7 Å². The van der Waals surface area contributed by atoms with E-state index in [1.807, 2.05) is 12.1 Å². The van der Waals surface area contributed by atoms with Gasteiger partial charge in [-0.05, 0) is 32.9 Å². The molecule has 0 aliphatic rings. The highest BCUT2D eigenvalue weighted by atomic mass is 79.9. The van der Waals surface area contributed by atoms with Crippen molar-refractivity contribution in [1.82, 2.24) is 0 Å². The van der Waals surface area contributed by atoms with Gasteiger partial charge in [-0.2, -0.15) is 0 Å². The van der Waals surface area contributed by atoms with Gasteiger partial charge < -0.3 is 14.8 Å². The second-order valence-corrected chi connectivity index (χ2v) is 5.94. The molecular formula is C14H22BrNO2. The molecule has 0 spiro atoms. The molecule has 0 fully saturated rings. The second kappa shape index (κ2) is 7.12. The summed E-state index contributed by atoms with van der Waals surface area (Å²) in [5, 5.41) is 3.38. The number of rotatable bonds is 6. The van der Waals surface area contributed by atoms with Gasteiger partial charge in [0, 0.05) is 29.4 Å². The first kappa shape index (κ1) is 15.5. The largest absolute Gasteiger partial charge is 0.382 e. The predicted molar refractivity (Wildman–Crippen MR) is 79.0 cm³/mol. The fourth-order valence-electron chi connectivity index (χ4n) is 1.56. The highest BCUT2D eigenvalue weighted by Gasteiger charge is 2.10. The van der Waals surface area contributed by atoms with Crippen molar-refractivity contribution in [3.05, 3.63) is 28.2 Å². The van der Waals surface area contributed by atoms with Crippen LogP contribution < -0.4 is 5.32 Å². The van der Waals surface area contributed by atoms with E-state index in [4.69, 9.17) is 9.47 Å². The number of benzene rings is 1. The van der Waals surface area contributed by atoms with E-state index < -0.39 is 0 Å². The van der Waals surface area contributed by atoms with Crippen molar-refractivity contribution >= 4 is 21.6 Å². The number of ether oxygens (including phenoxy) is 2. The third-order valence-corrected chi connectivity index (χ3v) is 3.10. The van der Waals surface area contributed by atoms with Crippen molar-refractivity contribution in [2.45, 2.75) is 33.0 Å². The van der Waals surface area contributed by atoms with Crippen molar-refractivity contribution < 1.29 is 9.47 Å². The summed E-state index contributed by atoms with van der Waals surface area (Å²) >= 11 is 3.54. The average Bonchev–Trinajstić information content (AvgIpc) is 2.27. The Morgan fingerprint density at radius 2 is 2.00 bits per heavy atom. The van der Waals surface area contributed by atoms with Crippen LogP contribution in [0, 0.1) is 0 Å². The molecule has 18 heavy (non-hydrogen) atoms. The molecule has 4 heteroatoms. The smallest absolute Gasteiger partial charge is 0.0744 e. The topological polar surface area (TPSA) is 30.5 Å². The van der Waals surface area contributed by atoms with E-state index >= 15 is 0 Å². The molecule has 3 nitrogen and oxygen atoms in total. The normalized spacial score (nSPS) is 11.6. The van der Waals surface area contributed by atoms with Gasteiger partial charge in [0.1, 0.15) is 0 Å². The van der Waals surface area contributed by atoms with Gasteiger partial charge in [0.25, 0.3) is 0 Å². The highest BCUT2D eigenvalue weighted by Crippen LogP contribution is 2.25. The Hall–Kier alpha value is -0.580. The number of hydrogen-bond donors (Lipinski definition) is 1. The molecule has 0 saturated heterocycles. The zero-order chi connectivity index (χ0) is 13.6. The van der Waals surface area contributed by atoms with Gasteiger partial charge in [0.05, 0.1) is 18.8 Å². The lowest BCUT2D eigenvalue weighted by Crippen LogP contribution is -2.23. The first-order chi connectivity index (χ1) is 8.44. The minimum Gasteiger partial charge on any atom is -0.382 e. The molecule has 102 valence electrons. The van der Waals surface area contributed by atoms with Gasteiger partial charge in [-0.25, -0.2) is 0 Å². The van der Waals surface area contributed by atoms with Crippen molar-refractivity contribution in [2.24, 2.45) is 0 Å². The van der Waals surface area contributed by atoms with Crippen LogP contribution in [0.2, 0.25) is 0 Å². The first-order valence-corrected chi connectivity index (χ1v) is 6.87. The van der Waals surface area contributed by atoms with Gasteiger partial charge in [0.15, 0.2) is 0 Å². The number of nitrogens with one attached hydrogen (secondary N) is 1. The van der Waals surface area contributed by atoms with E-state index in [-0.39, 0.29) is 5.60 Å². The maximum absolute atomic E-state index is 5.68. The van der Waals surface area contributed by atoms with Crippen LogP contribution in [-0.4, -0.2) is 25.9 Å². The summed E-state index contributed by atoms with van der Waals surface area (Å²) < 4.78 is 11.9. The van der Waals surface area contributed by atoms with Crippen molar-refractivity contribution in [3.63, 3.8) is 0 Å². The molecule has 0 atom stereocenters. The Morgan fingerprint density at radius 3 is 2.61 bits per heavy atom. The summed E-state index contributed by atoms with van der Waals surface area (Å²) in [6, 6.07) is 6.08. The molecule has 0 aromatic heterocycles. The number of methoxy groups -OCH3 is 1. The van der Waals surface area contributed by atoms with Crippen LogP contribution in [-0.2, 0) is 16.1 Å². The van der Waals surface area contributed by atoms with Gasteiger partial charge in [0.2, 0.25) is 0 Å². The van der Waals surface area contributed by atoms with Gasteiger partial charge in [-0.1, -0.05) is 22.0 Å². The molecule has 0 aliphatic heterocycles. The molecule has 0 unspecified atom stereocenters. The zero-order valence-electron chi connectivity index (χ0n) is 11.5. The molecule has 0 saturated carbocycles. The predicted octanol–water partition coefficient (Wildman–Crippen LogP) is 3.82. The monoisotopic (exact) mass is 315 g/mol. The minimum atomic E-state index is -0.0890. The third kappa shape index (κ3) is 5.38. The zero-order valence-corrected chi connectivity index (χ0v) is 13.1. The van der Waals surface area contributed by atoms with Crippen LogP contribution in [0.4, 0.5) is 5.69 Å². The Morgan fingerprint density at radius 1 is 1.28 bits per heavy atom. The molecule has 0 aliphatic carbocycles. The fourth-order valence-corrected chi connectivity index (χ4v) is 2.04. The number of halogens is 1. The van der Waals surface area contributed by atoms with Crippen molar-refractivity contribution in [1.29, 1.82) is 0 Å². The number of hydrogen-bond acceptors (Lipinski definition) is 3. The summed E-state index contributed by atoms with van der Waals surface area (Å²) in [4.78, 5) is 0. The van der Waals surface area contributed by atoms with Gasteiger partial charge in [-0.15, -0.1) is 0 Å². The van der Waals surface area contributed by atoms with Gasteiger partial charge >= 0.3 is 0 Å². The first-order valence-electron chi connectivity index (χ1n) is 6.08. The highest BCUT2D eigenvalue weighted by molar-refractivity contribution is 9.10. The fraction of sp³-hybridized carbons (Fsp3) is 0.571. The van der Waals surface area contributed by atoms with Crippen LogP contribution in [0.25, 0.3) is 0 Å². The molecular weight excluding hydrogens is 294 g/mol. The van der Waals surface area contributed by atoms with E-state index in [2.05, 4.69) is 48.1 Å². The van der Waals surface area contributed by atoms with E-state index in [1.54, 1.807) is 7.11 Å². The molecule has 1 aromatic rings. The van der Waals surface area contributed by atoms with E-state index in [9.17, 15) is 0 Å².